The Labute approximate surface area is 132 Å². The lowest BCUT2D eigenvalue weighted by molar-refractivity contribution is 0.567. The van der Waals surface area contributed by atoms with E-state index in [2.05, 4.69) is 14.4 Å². The largest absolute Gasteiger partial charge is 0.256 e. The molecule has 0 amide bonds. The van der Waals surface area contributed by atoms with Crippen molar-refractivity contribution < 1.29 is 16.8 Å². The van der Waals surface area contributed by atoms with Crippen LogP contribution in [0.25, 0.3) is 0 Å². The lowest BCUT2D eigenvalue weighted by Gasteiger charge is -2.11. The van der Waals surface area contributed by atoms with Crippen LogP contribution in [0.3, 0.4) is 0 Å². The summed E-state index contributed by atoms with van der Waals surface area (Å²) in [5.41, 5.74) is 0.621. The Morgan fingerprint density at radius 2 is 1.23 bits per heavy atom. The zero-order chi connectivity index (χ0) is 17.0. The molecule has 0 unspecified atom stereocenters. The van der Waals surface area contributed by atoms with E-state index in [1.165, 1.54) is 0 Å². The number of hydrogen-bond acceptors (Lipinski definition) is 5. The minimum atomic E-state index is -3.49. The summed E-state index contributed by atoms with van der Waals surface area (Å²) in [6.07, 6.45) is 0. The van der Waals surface area contributed by atoms with Crippen molar-refractivity contribution in [2.75, 3.05) is 0 Å². The highest BCUT2D eigenvalue weighted by Gasteiger charge is 2.17. The highest BCUT2D eigenvalue weighted by Crippen LogP contribution is 2.07. The van der Waals surface area contributed by atoms with Crippen LogP contribution in [-0.4, -0.2) is 33.9 Å². The molecule has 22 heavy (non-hydrogen) atoms. The van der Waals surface area contributed by atoms with Crippen molar-refractivity contribution in [1.82, 2.24) is 14.4 Å². The molecule has 2 N–H and O–H groups in total. The first-order valence-electron chi connectivity index (χ1n) is 6.94. The smallest absolute Gasteiger partial charge is 0.217 e. The monoisotopic (exact) mass is 349 g/mol. The van der Waals surface area contributed by atoms with Gasteiger partial charge in [0.25, 0.3) is 0 Å². The third-order valence-electron chi connectivity index (χ3n) is 2.37. The first kappa shape index (κ1) is 19.0. The molecule has 1 aromatic rings. The lowest BCUT2D eigenvalue weighted by Crippen LogP contribution is -2.32. The second-order valence-corrected chi connectivity index (χ2v) is 9.19. The van der Waals surface area contributed by atoms with Crippen molar-refractivity contribution in [3.63, 3.8) is 0 Å². The Kier molecular flexibility index (Phi) is 6.48. The number of hydrogen-bond donors (Lipinski definition) is 2. The van der Waals surface area contributed by atoms with Gasteiger partial charge in [-0.05, 0) is 39.8 Å². The second kappa shape index (κ2) is 7.49. The Morgan fingerprint density at radius 1 is 0.864 bits per heavy atom. The normalized spacial score (nSPS) is 13.0. The summed E-state index contributed by atoms with van der Waals surface area (Å²) >= 11 is 0. The first-order chi connectivity index (χ1) is 9.99. The fraction of sp³-hybridized carbons (Fsp3) is 0.615. The van der Waals surface area contributed by atoms with E-state index in [9.17, 15) is 16.8 Å². The summed E-state index contributed by atoms with van der Waals surface area (Å²) in [4.78, 5) is 4.12. The van der Waals surface area contributed by atoms with Gasteiger partial charge in [0.1, 0.15) is 11.5 Å². The topological polar surface area (TPSA) is 105 Å². The van der Waals surface area contributed by atoms with Crippen molar-refractivity contribution in [2.45, 2.75) is 51.3 Å². The summed E-state index contributed by atoms with van der Waals surface area (Å²) < 4.78 is 52.4. The van der Waals surface area contributed by atoms with Gasteiger partial charge in [0.15, 0.2) is 0 Å². The van der Waals surface area contributed by atoms with Gasteiger partial charge < -0.3 is 0 Å². The van der Waals surface area contributed by atoms with Crippen LogP contribution in [0.2, 0.25) is 0 Å². The third-order valence-corrected chi connectivity index (χ3v) is 5.38. The molecule has 7 nitrogen and oxygen atoms in total. The molecular formula is C13H23N3O4S2. The summed E-state index contributed by atoms with van der Waals surface area (Å²) in [6, 6.07) is 4.32. The van der Waals surface area contributed by atoms with Crippen LogP contribution in [0.1, 0.15) is 39.1 Å². The molecule has 0 aliphatic carbocycles. The molecule has 0 bridgehead atoms. The van der Waals surface area contributed by atoms with Gasteiger partial charge in [-0.3, -0.25) is 4.98 Å². The van der Waals surface area contributed by atoms with Gasteiger partial charge in [-0.15, -0.1) is 0 Å². The number of pyridine rings is 1. The van der Waals surface area contributed by atoms with Crippen molar-refractivity contribution in [3.8, 4) is 0 Å². The van der Waals surface area contributed by atoms with E-state index < -0.39 is 20.0 Å². The fourth-order valence-electron chi connectivity index (χ4n) is 1.88. The van der Waals surface area contributed by atoms with Gasteiger partial charge in [-0.1, -0.05) is 6.07 Å². The minimum absolute atomic E-state index is 0.205. The fourth-order valence-corrected chi connectivity index (χ4v) is 4.58. The maximum absolute atomic E-state index is 11.9. The SMILES string of the molecule is CC(C)NS(=O)(=O)Cc1cccc(CS(=O)(=O)NC(C)C)n1. The zero-order valence-electron chi connectivity index (χ0n) is 13.2. The number of rotatable bonds is 8. The van der Waals surface area contributed by atoms with Crippen LogP contribution in [0.4, 0.5) is 0 Å². The van der Waals surface area contributed by atoms with Crippen LogP contribution >= 0.6 is 0 Å². The molecule has 0 saturated heterocycles. The molecule has 1 heterocycles. The molecule has 0 aliphatic heterocycles. The Bertz CT molecular complexity index is 641. The predicted octanol–water partition coefficient (Wildman–Crippen LogP) is 0.737. The van der Waals surface area contributed by atoms with E-state index in [-0.39, 0.29) is 23.6 Å². The summed E-state index contributed by atoms with van der Waals surface area (Å²) in [7, 11) is -6.98. The minimum Gasteiger partial charge on any atom is -0.256 e. The van der Waals surface area contributed by atoms with Gasteiger partial charge in [0.2, 0.25) is 20.0 Å². The van der Waals surface area contributed by atoms with Crippen LogP contribution < -0.4 is 9.44 Å². The van der Waals surface area contributed by atoms with Crippen molar-refractivity contribution in [3.05, 3.63) is 29.6 Å². The van der Waals surface area contributed by atoms with Crippen molar-refractivity contribution in [2.24, 2.45) is 0 Å². The molecule has 0 atom stereocenters. The quantitative estimate of drug-likeness (QED) is 0.720. The number of nitrogens with zero attached hydrogens (tertiary/aromatic N) is 1. The molecule has 0 spiro atoms. The maximum Gasteiger partial charge on any atom is 0.217 e. The second-order valence-electron chi connectivity index (χ2n) is 5.68. The summed E-state index contributed by atoms with van der Waals surface area (Å²) in [5, 5.41) is 0. The van der Waals surface area contributed by atoms with E-state index in [0.29, 0.717) is 11.4 Å². The first-order valence-corrected chi connectivity index (χ1v) is 10.2. The molecular weight excluding hydrogens is 326 g/mol. The maximum atomic E-state index is 11.9. The van der Waals surface area contributed by atoms with Crippen LogP contribution in [0.5, 0.6) is 0 Å². The van der Waals surface area contributed by atoms with Gasteiger partial charge in [-0.2, -0.15) is 0 Å². The van der Waals surface area contributed by atoms with Crippen LogP contribution in [0.15, 0.2) is 18.2 Å². The molecule has 0 fully saturated rings. The number of sulfonamides is 2. The predicted molar refractivity (Wildman–Crippen MR) is 86.0 cm³/mol. The zero-order valence-corrected chi connectivity index (χ0v) is 14.8. The molecule has 1 aromatic heterocycles. The van der Waals surface area contributed by atoms with Gasteiger partial charge >= 0.3 is 0 Å². The van der Waals surface area contributed by atoms with Gasteiger partial charge in [0, 0.05) is 12.1 Å². The van der Waals surface area contributed by atoms with E-state index in [1.54, 1.807) is 45.9 Å². The molecule has 0 radical (unpaired) electrons. The van der Waals surface area contributed by atoms with E-state index in [4.69, 9.17) is 0 Å². The molecule has 0 aromatic carbocycles. The standard InChI is InChI=1S/C13H23N3O4S2/c1-10(2)15-21(17,18)8-12-6-5-7-13(14-12)9-22(19,20)16-11(3)4/h5-7,10-11,15-16H,8-9H2,1-4H3. The molecule has 1 rings (SSSR count). The van der Waals surface area contributed by atoms with E-state index in [0.717, 1.165) is 0 Å². The van der Waals surface area contributed by atoms with E-state index in [1.807, 2.05) is 0 Å². The van der Waals surface area contributed by atoms with Crippen molar-refractivity contribution in [1.29, 1.82) is 0 Å². The van der Waals surface area contributed by atoms with Crippen LogP contribution in [-0.2, 0) is 31.6 Å². The highest BCUT2D eigenvalue weighted by molar-refractivity contribution is 7.89. The third kappa shape index (κ3) is 7.30. The van der Waals surface area contributed by atoms with Gasteiger partial charge in [0.05, 0.1) is 11.4 Å². The summed E-state index contributed by atoms with van der Waals surface area (Å²) in [6.45, 7) is 6.91. The highest BCUT2D eigenvalue weighted by atomic mass is 32.2. The van der Waals surface area contributed by atoms with Crippen LogP contribution in [0, 0.1) is 0 Å². The Hall–Kier alpha value is -1.03. The average molecular weight is 349 g/mol. The molecule has 9 heteroatoms. The van der Waals surface area contributed by atoms with E-state index >= 15 is 0 Å². The Morgan fingerprint density at radius 3 is 1.55 bits per heavy atom. The number of aromatic nitrogens is 1. The Balaban J connectivity index is 2.87. The molecule has 126 valence electrons. The van der Waals surface area contributed by atoms with Gasteiger partial charge in [-0.25, -0.2) is 26.3 Å². The lowest BCUT2D eigenvalue weighted by atomic mass is 10.3. The van der Waals surface area contributed by atoms with Crippen molar-refractivity contribution >= 4 is 20.0 Å². The summed E-state index contributed by atoms with van der Waals surface area (Å²) in [5.74, 6) is -0.562. The molecule has 0 aliphatic rings. The molecule has 0 saturated carbocycles. The number of nitrogens with one attached hydrogen (secondary N) is 2. The average Bonchev–Trinajstić information content (AvgIpc) is 2.23.